The number of thioether (sulfide) groups is 1. The number of nitrogens with zero attached hydrogens (tertiary/aromatic N) is 2. The van der Waals surface area contributed by atoms with Gasteiger partial charge in [0.15, 0.2) is 5.16 Å². The van der Waals surface area contributed by atoms with Crippen molar-refractivity contribution in [2.24, 2.45) is 0 Å². The minimum Gasteiger partial charge on any atom is -0.497 e. The quantitative estimate of drug-likeness (QED) is 0.532. The van der Waals surface area contributed by atoms with E-state index in [4.69, 9.17) is 4.74 Å². The SMILES string of the molecule is COc1ccc(-c2ccnc(SC(C(=O)O)c3ccccc3)n2)cc1. The Morgan fingerprint density at radius 1 is 1.08 bits per heavy atom. The Kier molecular flexibility index (Phi) is 5.30. The van der Waals surface area contributed by atoms with E-state index in [-0.39, 0.29) is 0 Å². The molecule has 1 heterocycles. The molecule has 3 aromatic rings. The van der Waals surface area contributed by atoms with Crippen LogP contribution in [0.1, 0.15) is 10.8 Å². The van der Waals surface area contributed by atoms with E-state index < -0.39 is 11.2 Å². The van der Waals surface area contributed by atoms with Gasteiger partial charge in [-0.05, 0) is 35.9 Å². The third-order valence-electron chi connectivity index (χ3n) is 3.57. The van der Waals surface area contributed by atoms with Crippen LogP contribution in [0.5, 0.6) is 5.75 Å². The number of aliphatic carboxylic acids is 1. The zero-order valence-corrected chi connectivity index (χ0v) is 14.3. The predicted molar refractivity (Wildman–Crippen MR) is 96.7 cm³/mol. The zero-order chi connectivity index (χ0) is 17.6. The Hall–Kier alpha value is -2.86. The average Bonchev–Trinajstić information content (AvgIpc) is 2.67. The summed E-state index contributed by atoms with van der Waals surface area (Å²) in [4.78, 5) is 20.3. The van der Waals surface area contributed by atoms with Gasteiger partial charge >= 0.3 is 5.97 Å². The first-order valence-corrected chi connectivity index (χ1v) is 8.47. The summed E-state index contributed by atoms with van der Waals surface area (Å²) in [5.74, 6) is -0.155. The molecule has 0 aliphatic carbocycles. The number of carboxylic acids is 1. The second-order valence-corrected chi connectivity index (χ2v) is 6.27. The van der Waals surface area contributed by atoms with E-state index >= 15 is 0 Å². The second-order valence-electron chi connectivity index (χ2n) is 5.20. The fourth-order valence-corrected chi connectivity index (χ4v) is 3.19. The molecule has 0 spiro atoms. The molecule has 0 aliphatic heterocycles. The fraction of sp³-hybridized carbons (Fsp3) is 0.105. The number of hydrogen-bond acceptors (Lipinski definition) is 5. The smallest absolute Gasteiger partial charge is 0.321 e. The molecule has 6 heteroatoms. The molecule has 1 aromatic heterocycles. The Balaban J connectivity index is 1.86. The first-order valence-electron chi connectivity index (χ1n) is 7.59. The molecule has 0 fully saturated rings. The Labute approximate surface area is 149 Å². The third kappa shape index (κ3) is 4.16. The molecular formula is C19H16N2O3S. The van der Waals surface area contributed by atoms with Crippen molar-refractivity contribution in [2.45, 2.75) is 10.4 Å². The van der Waals surface area contributed by atoms with E-state index in [9.17, 15) is 9.90 Å². The number of methoxy groups -OCH3 is 1. The molecule has 5 nitrogen and oxygen atoms in total. The predicted octanol–water partition coefficient (Wildman–Crippen LogP) is 4.07. The van der Waals surface area contributed by atoms with Gasteiger partial charge in [-0.15, -0.1) is 0 Å². The van der Waals surface area contributed by atoms with Gasteiger partial charge < -0.3 is 9.84 Å². The first kappa shape index (κ1) is 17.0. The molecule has 25 heavy (non-hydrogen) atoms. The summed E-state index contributed by atoms with van der Waals surface area (Å²) >= 11 is 1.12. The van der Waals surface area contributed by atoms with Gasteiger partial charge in [0, 0.05) is 11.8 Å². The van der Waals surface area contributed by atoms with Gasteiger partial charge in [0.05, 0.1) is 12.8 Å². The fourth-order valence-electron chi connectivity index (χ4n) is 2.31. The van der Waals surface area contributed by atoms with Gasteiger partial charge in [0.25, 0.3) is 0 Å². The molecule has 0 amide bonds. The van der Waals surface area contributed by atoms with Crippen LogP contribution < -0.4 is 4.74 Å². The van der Waals surface area contributed by atoms with Crippen LogP contribution in [0.15, 0.2) is 72.0 Å². The number of benzene rings is 2. The van der Waals surface area contributed by atoms with Crippen LogP contribution in [0.25, 0.3) is 11.3 Å². The molecule has 1 N–H and O–H groups in total. The van der Waals surface area contributed by atoms with Crippen LogP contribution in [-0.2, 0) is 4.79 Å². The standard InChI is InChI=1S/C19H16N2O3S/c1-24-15-9-7-13(8-10-15)16-11-12-20-19(21-16)25-17(18(22)23)14-5-3-2-4-6-14/h2-12,17H,1H3,(H,22,23). The van der Waals surface area contributed by atoms with E-state index in [1.165, 1.54) is 0 Å². The van der Waals surface area contributed by atoms with Gasteiger partial charge in [-0.3, -0.25) is 4.79 Å². The summed E-state index contributed by atoms with van der Waals surface area (Å²) in [6.45, 7) is 0. The summed E-state index contributed by atoms with van der Waals surface area (Å²) in [7, 11) is 1.62. The van der Waals surface area contributed by atoms with Crippen LogP contribution in [0.3, 0.4) is 0 Å². The van der Waals surface area contributed by atoms with Gasteiger partial charge in [-0.2, -0.15) is 0 Å². The lowest BCUT2D eigenvalue weighted by Gasteiger charge is -2.12. The van der Waals surface area contributed by atoms with Crippen molar-refractivity contribution in [1.82, 2.24) is 9.97 Å². The van der Waals surface area contributed by atoms with Gasteiger partial charge in [0.2, 0.25) is 0 Å². The third-order valence-corrected chi connectivity index (χ3v) is 4.69. The molecule has 2 aromatic carbocycles. The minimum absolute atomic E-state index is 0.421. The highest BCUT2D eigenvalue weighted by Gasteiger charge is 2.22. The van der Waals surface area contributed by atoms with Crippen molar-refractivity contribution in [3.05, 3.63) is 72.4 Å². The van der Waals surface area contributed by atoms with Crippen molar-refractivity contribution in [3.8, 4) is 17.0 Å². The molecule has 0 saturated carbocycles. The minimum atomic E-state index is -0.922. The normalized spacial score (nSPS) is 11.7. The van der Waals surface area contributed by atoms with Crippen LogP contribution in [0.2, 0.25) is 0 Å². The molecule has 126 valence electrons. The molecule has 0 radical (unpaired) electrons. The average molecular weight is 352 g/mol. The number of ether oxygens (including phenoxy) is 1. The number of hydrogen-bond donors (Lipinski definition) is 1. The van der Waals surface area contributed by atoms with Crippen LogP contribution in [0.4, 0.5) is 0 Å². The topological polar surface area (TPSA) is 72.3 Å². The number of carboxylic acid groups (broad SMARTS) is 1. The Morgan fingerprint density at radius 3 is 2.44 bits per heavy atom. The van der Waals surface area contributed by atoms with Gasteiger partial charge in [-0.1, -0.05) is 42.1 Å². The van der Waals surface area contributed by atoms with E-state index in [1.807, 2.05) is 42.5 Å². The van der Waals surface area contributed by atoms with Crippen molar-refractivity contribution < 1.29 is 14.6 Å². The highest BCUT2D eigenvalue weighted by atomic mass is 32.2. The molecule has 0 bridgehead atoms. The molecule has 1 unspecified atom stereocenters. The van der Waals surface area contributed by atoms with Crippen molar-refractivity contribution in [2.75, 3.05) is 7.11 Å². The second kappa shape index (κ2) is 7.81. The lowest BCUT2D eigenvalue weighted by Crippen LogP contribution is -2.08. The summed E-state index contributed by atoms with van der Waals surface area (Å²) < 4.78 is 5.15. The zero-order valence-electron chi connectivity index (χ0n) is 13.5. The van der Waals surface area contributed by atoms with Crippen molar-refractivity contribution in [1.29, 1.82) is 0 Å². The van der Waals surface area contributed by atoms with Crippen LogP contribution in [-0.4, -0.2) is 28.2 Å². The summed E-state index contributed by atoms with van der Waals surface area (Å²) in [5, 5.41) is 9.21. The summed E-state index contributed by atoms with van der Waals surface area (Å²) in [5.41, 5.74) is 2.35. The van der Waals surface area contributed by atoms with Crippen LogP contribution >= 0.6 is 11.8 Å². The maximum atomic E-state index is 11.6. The van der Waals surface area contributed by atoms with E-state index in [2.05, 4.69) is 9.97 Å². The number of carbonyl (C=O) groups is 1. The largest absolute Gasteiger partial charge is 0.497 e. The van der Waals surface area contributed by atoms with Gasteiger partial charge in [0.1, 0.15) is 11.0 Å². The maximum Gasteiger partial charge on any atom is 0.321 e. The molecule has 3 rings (SSSR count). The molecule has 0 aliphatic rings. The highest BCUT2D eigenvalue weighted by Crippen LogP contribution is 2.34. The lowest BCUT2D eigenvalue weighted by molar-refractivity contribution is -0.136. The summed E-state index contributed by atoms with van der Waals surface area (Å²) in [6.07, 6.45) is 1.64. The maximum absolute atomic E-state index is 11.6. The van der Waals surface area contributed by atoms with E-state index in [1.54, 1.807) is 31.5 Å². The number of rotatable bonds is 6. The number of aromatic nitrogens is 2. The monoisotopic (exact) mass is 352 g/mol. The van der Waals surface area contributed by atoms with E-state index in [0.717, 1.165) is 28.8 Å². The van der Waals surface area contributed by atoms with E-state index in [0.29, 0.717) is 10.7 Å². The highest BCUT2D eigenvalue weighted by molar-refractivity contribution is 8.00. The molecular weight excluding hydrogens is 336 g/mol. The van der Waals surface area contributed by atoms with Crippen molar-refractivity contribution in [3.63, 3.8) is 0 Å². The Bertz CT molecular complexity index is 854. The van der Waals surface area contributed by atoms with Crippen molar-refractivity contribution >= 4 is 17.7 Å². The first-order chi connectivity index (χ1) is 12.2. The lowest BCUT2D eigenvalue weighted by atomic mass is 10.1. The molecule has 1 atom stereocenters. The molecule has 0 saturated heterocycles. The Morgan fingerprint density at radius 2 is 1.80 bits per heavy atom. The van der Waals surface area contributed by atoms with Crippen LogP contribution in [0, 0.1) is 0 Å². The van der Waals surface area contributed by atoms with Gasteiger partial charge in [-0.25, -0.2) is 9.97 Å². The summed E-state index contributed by atoms with van der Waals surface area (Å²) in [6, 6.07) is 18.4.